The summed E-state index contributed by atoms with van der Waals surface area (Å²) >= 11 is 6.97. The van der Waals surface area contributed by atoms with Gasteiger partial charge in [0, 0.05) is 0 Å². The van der Waals surface area contributed by atoms with Crippen LogP contribution in [0.1, 0.15) is 33.6 Å². The Kier molecular flexibility index (Phi) is 3.53. The van der Waals surface area contributed by atoms with E-state index in [1.807, 2.05) is 6.07 Å². The normalized spacial score (nSPS) is 13.9. The lowest BCUT2D eigenvalue weighted by atomic mass is 9.92. The molecule has 0 radical (unpaired) electrons. The Morgan fingerprint density at radius 2 is 2.05 bits per heavy atom. The summed E-state index contributed by atoms with van der Waals surface area (Å²) in [6.07, 6.45) is 5.44. The number of nitrogens with zero attached hydrogens (tertiary/aromatic N) is 1. The van der Waals surface area contributed by atoms with Crippen LogP contribution in [0.3, 0.4) is 0 Å². The van der Waals surface area contributed by atoms with E-state index in [0.717, 1.165) is 29.9 Å². The molecule has 0 N–H and O–H groups in total. The highest BCUT2D eigenvalue weighted by Crippen LogP contribution is 2.32. The number of benzene rings is 1. The minimum Gasteiger partial charge on any atom is -0.431 e. The number of carbonyl (C=O) groups excluding carboxylic acids is 1. The summed E-state index contributed by atoms with van der Waals surface area (Å²) in [4.78, 5) is 15.1. The van der Waals surface area contributed by atoms with Gasteiger partial charge < -0.3 is 4.74 Å². The van der Waals surface area contributed by atoms with Crippen molar-refractivity contribution in [1.29, 1.82) is 0 Å². The highest BCUT2D eigenvalue weighted by molar-refractivity contribution is 7.15. The van der Waals surface area contributed by atoms with Crippen molar-refractivity contribution >= 4 is 29.2 Å². The van der Waals surface area contributed by atoms with Gasteiger partial charge in [-0.3, -0.25) is 4.79 Å². The fraction of sp³-hybridized carbons (Fsp3) is 0.286. The molecule has 98 valence electrons. The van der Waals surface area contributed by atoms with E-state index in [0.29, 0.717) is 16.4 Å². The Morgan fingerprint density at radius 1 is 1.26 bits per heavy atom. The SMILES string of the molecule is O=Cc1sc(Oc2ccc3c(c2)CCCC3)nc1Cl. The van der Waals surface area contributed by atoms with Gasteiger partial charge in [-0.2, -0.15) is 4.98 Å². The Hall–Kier alpha value is -1.39. The van der Waals surface area contributed by atoms with Gasteiger partial charge in [0.1, 0.15) is 10.6 Å². The van der Waals surface area contributed by atoms with Gasteiger partial charge in [-0.25, -0.2) is 0 Å². The van der Waals surface area contributed by atoms with Gasteiger partial charge in [-0.15, -0.1) is 0 Å². The molecule has 3 nitrogen and oxygen atoms in total. The number of ether oxygens (including phenoxy) is 1. The van der Waals surface area contributed by atoms with Crippen LogP contribution in [-0.4, -0.2) is 11.3 Å². The summed E-state index contributed by atoms with van der Waals surface area (Å²) in [6.45, 7) is 0. The van der Waals surface area contributed by atoms with Crippen LogP contribution in [0.4, 0.5) is 0 Å². The third kappa shape index (κ3) is 2.65. The third-order valence-electron chi connectivity index (χ3n) is 3.22. The number of aromatic nitrogens is 1. The molecule has 1 aromatic heterocycles. The van der Waals surface area contributed by atoms with Crippen molar-refractivity contribution in [3.8, 4) is 10.9 Å². The van der Waals surface area contributed by atoms with E-state index in [1.54, 1.807) is 0 Å². The molecule has 0 amide bonds. The number of halogens is 1. The molecule has 3 rings (SSSR count). The molecule has 0 bridgehead atoms. The molecule has 19 heavy (non-hydrogen) atoms. The number of fused-ring (bicyclic) bond motifs is 1. The van der Waals surface area contributed by atoms with Crippen LogP contribution in [0.15, 0.2) is 18.2 Å². The number of rotatable bonds is 3. The Morgan fingerprint density at radius 3 is 2.79 bits per heavy atom. The van der Waals surface area contributed by atoms with Crippen molar-refractivity contribution in [1.82, 2.24) is 4.98 Å². The van der Waals surface area contributed by atoms with Gasteiger partial charge in [0.2, 0.25) is 0 Å². The molecule has 0 aliphatic heterocycles. The first-order chi connectivity index (χ1) is 9.26. The van der Waals surface area contributed by atoms with E-state index < -0.39 is 0 Å². The highest BCUT2D eigenvalue weighted by Gasteiger charge is 2.13. The monoisotopic (exact) mass is 293 g/mol. The van der Waals surface area contributed by atoms with Crippen LogP contribution in [0.5, 0.6) is 10.9 Å². The predicted molar refractivity (Wildman–Crippen MR) is 75.7 cm³/mol. The molecule has 2 aromatic rings. The average molecular weight is 294 g/mol. The summed E-state index contributed by atoms with van der Waals surface area (Å²) in [5, 5.41) is 0.607. The standard InChI is InChI=1S/C14H12ClNO2S/c15-13-12(8-17)19-14(16-13)18-11-6-5-9-3-1-2-4-10(9)7-11/h5-8H,1-4H2. The zero-order valence-electron chi connectivity index (χ0n) is 10.2. The number of carbonyl (C=O) groups is 1. The first kappa shape index (κ1) is 12.6. The van der Waals surface area contributed by atoms with E-state index in [2.05, 4.69) is 17.1 Å². The Bertz CT molecular complexity index is 624. The molecule has 0 spiro atoms. The average Bonchev–Trinajstić information content (AvgIpc) is 2.78. The molecular formula is C14H12ClNO2S. The predicted octanol–water partition coefficient (Wildman–Crippen LogP) is 4.28. The molecule has 1 heterocycles. The van der Waals surface area contributed by atoms with Crippen LogP contribution in [0, 0.1) is 0 Å². The lowest BCUT2D eigenvalue weighted by Crippen LogP contribution is -2.02. The summed E-state index contributed by atoms with van der Waals surface area (Å²) in [6, 6.07) is 6.12. The first-order valence-corrected chi connectivity index (χ1v) is 7.37. The van der Waals surface area contributed by atoms with Crippen molar-refractivity contribution in [2.45, 2.75) is 25.7 Å². The quantitative estimate of drug-likeness (QED) is 0.793. The van der Waals surface area contributed by atoms with Crippen LogP contribution >= 0.6 is 22.9 Å². The lowest BCUT2D eigenvalue weighted by Gasteiger charge is -2.16. The minimum absolute atomic E-state index is 0.202. The summed E-state index contributed by atoms with van der Waals surface area (Å²) in [7, 11) is 0. The molecule has 1 aromatic carbocycles. The van der Waals surface area contributed by atoms with Crippen LogP contribution in [-0.2, 0) is 12.8 Å². The maximum atomic E-state index is 10.7. The van der Waals surface area contributed by atoms with Crippen LogP contribution in [0.2, 0.25) is 5.15 Å². The second-order valence-electron chi connectivity index (χ2n) is 4.49. The largest absolute Gasteiger partial charge is 0.431 e. The second-order valence-corrected chi connectivity index (χ2v) is 5.84. The van der Waals surface area contributed by atoms with Crippen molar-refractivity contribution in [2.24, 2.45) is 0 Å². The Labute approximate surface area is 120 Å². The van der Waals surface area contributed by atoms with Crippen molar-refractivity contribution < 1.29 is 9.53 Å². The van der Waals surface area contributed by atoms with Gasteiger partial charge >= 0.3 is 0 Å². The van der Waals surface area contributed by atoms with Gasteiger partial charge in [0.05, 0.1) is 0 Å². The number of hydrogen-bond donors (Lipinski definition) is 0. The van der Waals surface area contributed by atoms with E-state index in [1.165, 1.54) is 24.0 Å². The molecular weight excluding hydrogens is 282 g/mol. The molecule has 0 saturated carbocycles. The zero-order chi connectivity index (χ0) is 13.2. The molecule has 0 atom stereocenters. The maximum absolute atomic E-state index is 10.7. The molecule has 1 aliphatic rings. The Balaban J connectivity index is 1.84. The van der Waals surface area contributed by atoms with Crippen molar-refractivity contribution in [3.63, 3.8) is 0 Å². The second kappa shape index (κ2) is 5.31. The summed E-state index contributed by atoms with van der Waals surface area (Å²) in [5.41, 5.74) is 2.76. The van der Waals surface area contributed by atoms with Gasteiger partial charge in [0.15, 0.2) is 11.4 Å². The molecule has 0 unspecified atom stereocenters. The lowest BCUT2D eigenvalue weighted by molar-refractivity contribution is 0.112. The molecule has 0 saturated heterocycles. The van der Waals surface area contributed by atoms with E-state index in [-0.39, 0.29) is 5.15 Å². The number of aldehydes is 1. The van der Waals surface area contributed by atoms with Crippen molar-refractivity contribution in [2.75, 3.05) is 0 Å². The van der Waals surface area contributed by atoms with Gasteiger partial charge in [-0.05, 0) is 48.9 Å². The molecule has 1 aliphatic carbocycles. The zero-order valence-corrected chi connectivity index (χ0v) is 11.8. The summed E-state index contributed by atoms with van der Waals surface area (Å²) < 4.78 is 5.67. The van der Waals surface area contributed by atoms with Gasteiger partial charge in [-0.1, -0.05) is 29.0 Å². The summed E-state index contributed by atoms with van der Waals surface area (Å²) in [5.74, 6) is 0.753. The fourth-order valence-electron chi connectivity index (χ4n) is 2.28. The van der Waals surface area contributed by atoms with Gasteiger partial charge in [0.25, 0.3) is 5.19 Å². The topological polar surface area (TPSA) is 39.2 Å². The van der Waals surface area contributed by atoms with E-state index in [4.69, 9.17) is 16.3 Å². The van der Waals surface area contributed by atoms with Crippen LogP contribution < -0.4 is 4.74 Å². The van der Waals surface area contributed by atoms with E-state index in [9.17, 15) is 4.79 Å². The smallest absolute Gasteiger partial charge is 0.280 e. The number of hydrogen-bond acceptors (Lipinski definition) is 4. The maximum Gasteiger partial charge on any atom is 0.280 e. The third-order valence-corrected chi connectivity index (χ3v) is 4.48. The minimum atomic E-state index is 0.202. The van der Waals surface area contributed by atoms with E-state index >= 15 is 0 Å². The number of aryl methyl sites for hydroxylation is 2. The molecule has 5 heteroatoms. The van der Waals surface area contributed by atoms with Crippen LogP contribution in [0.25, 0.3) is 0 Å². The van der Waals surface area contributed by atoms with Crippen molar-refractivity contribution in [3.05, 3.63) is 39.4 Å². The first-order valence-electron chi connectivity index (χ1n) is 6.17. The number of thiazole rings is 1. The fourth-order valence-corrected chi connectivity index (χ4v) is 3.21. The molecule has 0 fully saturated rings. The highest BCUT2D eigenvalue weighted by atomic mass is 35.5.